The lowest BCUT2D eigenvalue weighted by atomic mass is 9.95. The number of hydrogen-bond donors (Lipinski definition) is 3. The van der Waals surface area contributed by atoms with Crippen LogP contribution in [0.15, 0.2) is 30.3 Å². The van der Waals surface area contributed by atoms with Crippen LogP contribution in [0.5, 0.6) is 0 Å². The first kappa shape index (κ1) is 26.5. The fourth-order valence-electron chi connectivity index (χ4n) is 5.01. The number of ether oxygens (including phenoxy) is 1. The second-order valence-electron chi connectivity index (χ2n) is 11.4. The molecule has 0 spiro atoms. The molecule has 0 radical (unpaired) electrons. The lowest BCUT2D eigenvalue weighted by Crippen LogP contribution is -2.35. The highest BCUT2D eigenvalue weighted by Gasteiger charge is 2.25. The van der Waals surface area contributed by atoms with Crippen LogP contribution in [0.2, 0.25) is 0 Å². The maximum atomic E-state index is 12.7. The Bertz CT molecular complexity index is 1270. The molecule has 1 atom stereocenters. The van der Waals surface area contributed by atoms with Gasteiger partial charge in [-0.15, -0.1) is 0 Å². The van der Waals surface area contributed by atoms with Gasteiger partial charge in [0.1, 0.15) is 16.9 Å². The maximum Gasteiger partial charge on any atom is 0.251 e. The number of carbonyl (C=O) groups excluding carboxylic acids is 1. The Labute approximate surface area is 224 Å². The summed E-state index contributed by atoms with van der Waals surface area (Å²) < 4.78 is 5.46. The molecule has 4 N–H and O–H groups in total. The Hall–Kier alpha value is -3.14. The fourth-order valence-corrected chi connectivity index (χ4v) is 5.01. The minimum atomic E-state index is -0.525. The summed E-state index contributed by atoms with van der Waals surface area (Å²) in [6.45, 7) is 12.4. The number of aromatic nitrogens is 3. The summed E-state index contributed by atoms with van der Waals surface area (Å²) in [6, 6.07) is 10.3. The second kappa shape index (κ2) is 11.3. The third kappa shape index (κ3) is 6.11. The number of morpholine rings is 1. The molecule has 2 fully saturated rings. The number of primary amides is 1. The van der Waals surface area contributed by atoms with Crippen molar-refractivity contribution >= 4 is 22.8 Å². The SMILES string of the molecule is CC(C)(C)c1nc(NC2CCCCNC2)c2nc(-c3ccc(CN4CCOCC4)cc3)cc(C(N)=O)c2n1. The lowest BCUT2D eigenvalue weighted by molar-refractivity contribution is 0.0342. The number of nitrogens with two attached hydrogens (primary N) is 1. The molecule has 9 nitrogen and oxygen atoms in total. The molecule has 2 aromatic heterocycles. The van der Waals surface area contributed by atoms with E-state index in [2.05, 4.69) is 60.6 Å². The first-order valence-corrected chi connectivity index (χ1v) is 13.7. The normalized spacial score (nSPS) is 19.3. The Morgan fingerprint density at radius 1 is 1.11 bits per heavy atom. The molecular formula is C29H39N7O2. The quantitative estimate of drug-likeness (QED) is 0.455. The van der Waals surface area contributed by atoms with Gasteiger partial charge in [-0.2, -0.15) is 0 Å². The van der Waals surface area contributed by atoms with Crippen molar-refractivity contribution in [3.63, 3.8) is 0 Å². The standard InChI is InChI=1S/C29H39N7O2/c1-29(2,3)28-34-24-22(26(30)37)16-23(20-9-7-19(8-10-20)18-36-12-14-38-15-13-36)33-25(24)27(35-28)32-21-6-4-5-11-31-17-21/h7-10,16,21,31H,4-6,11-15,17-18H2,1-3H3,(H2,30,37)(H,32,34,35). The Morgan fingerprint density at radius 2 is 1.87 bits per heavy atom. The van der Waals surface area contributed by atoms with E-state index in [0.717, 1.165) is 70.8 Å². The number of amides is 1. The molecule has 202 valence electrons. The number of hydrogen-bond acceptors (Lipinski definition) is 8. The predicted octanol–water partition coefficient (Wildman–Crippen LogP) is 3.47. The monoisotopic (exact) mass is 517 g/mol. The van der Waals surface area contributed by atoms with Crippen LogP contribution in [0.25, 0.3) is 22.3 Å². The molecule has 4 heterocycles. The number of benzene rings is 1. The van der Waals surface area contributed by atoms with Crippen molar-refractivity contribution in [2.45, 2.75) is 58.0 Å². The van der Waals surface area contributed by atoms with Crippen LogP contribution in [0, 0.1) is 0 Å². The van der Waals surface area contributed by atoms with E-state index in [4.69, 9.17) is 25.4 Å². The van der Waals surface area contributed by atoms with Crippen molar-refractivity contribution in [3.05, 3.63) is 47.3 Å². The van der Waals surface area contributed by atoms with Gasteiger partial charge in [-0.1, -0.05) is 51.5 Å². The van der Waals surface area contributed by atoms with Gasteiger partial charge in [0, 0.05) is 43.2 Å². The molecule has 3 aromatic rings. The van der Waals surface area contributed by atoms with Crippen molar-refractivity contribution in [1.29, 1.82) is 0 Å². The molecule has 1 amide bonds. The minimum absolute atomic E-state index is 0.213. The molecule has 0 saturated carbocycles. The van der Waals surface area contributed by atoms with Crippen LogP contribution in [-0.2, 0) is 16.7 Å². The number of pyridine rings is 1. The van der Waals surface area contributed by atoms with E-state index in [1.54, 1.807) is 6.07 Å². The highest BCUT2D eigenvalue weighted by Crippen LogP contribution is 2.31. The Kier molecular flexibility index (Phi) is 7.88. The zero-order chi connectivity index (χ0) is 26.7. The van der Waals surface area contributed by atoms with Crippen molar-refractivity contribution < 1.29 is 9.53 Å². The molecule has 1 unspecified atom stereocenters. The largest absolute Gasteiger partial charge is 0.379 e. The first-order chi connectivity index (χ1) is 18.3. The number of anilines is 1. The summed E-state index contributed by atoms with van der Waals surface area (Å²) in [5.41, 5.74) is 9.84. The van der Waals surface area contributed by atoms with Crippen molar-refractivity contribution in [2.75, 3.05) is 44.7 Å². The highest BCUT2D eigenvalue weighted by atomic mass is 16.5. The van der Waals surface area contributed by atoms with E-state index in [-0.39, 0.29) is 11.5 Å². The van der Waals surface area contributed by atoms with Crippen LogP contribution >= 0.6 is 0 Å². The Balaban J connectivity index is 1.55. The van der Waals surface area contributed by atoms with Crippen molar-refractivity contribution in [3.8, 4) is 11.3 Å². The zero-order valence-corrected chi connectivity index (χ0v) is 22.7. The van der Waals surface area contributed by atoms with Crippen LogP contribution < -0.4 is 16.4 Å². The van der Waals surface area contributed by atoms with Crippen LogP contribution in [0.3, 0.4) is 0 Å². The molecule has 9 heteroatoms. The van der Waals surface area contributed by atoms with E-state index in [1.807, 2.05) is 0 Å². The van der Waals surface area contributed by atoms with Crippen molar-refractivity contribution in [2.24, 2.45) is 5.73 Å². The fraction of sp³-hybridized carbons (Fsp3) is 0.517. The van der Waals surface area contributed by atoms with Crippen molar-refractivity contribution in [1.82, 2.24) is 25.2 Å². The van der Waals surface area contributed by atoms with Gasteiger partial charge in [-0.05, 0) is 31.0 Å². The summed E-state index contributed by atoms with van der Waals surface area (Å²) in [7, 11) is 0. The van der Waals surface area contributed by atoms with Gasteiger partial charge >= 0.3 is 0 Å². The zero-order valence-electron chi connectivity index (χ0n) is 22.7. The lowest BCUT2D eigenvalue weighted by Gasteiger charge is -2.26. The Morgan fingerprint density at radius 3 is 2.58 bits per heavy atom. The van der Waals surface area contributed by atoms with Gasteiger partial charge in [-0.3, -0.25) is 9.69 Å². The second-order valence-corrected chi connectivity index (χ2v) is 11.4. The molecule has 1 aromatic carbocycles. The molecule has 38 heavy (non-hydrogen) atoms. The number of rotatable bonds is 6. The van der Waals surface area contributed by atoms with E-state index in [0.29, 0.717) is 33.9 Å². The average Bonchev–Trinajstić information content (AvgIpc) is 3.17. The number of nitrogens with one attached hydrogen (secondary N) is 2. The topological polar surface area (TPSA) is 118 Å². The molecular weight excluding hydrogens is 478 g/mol. The average molecular weight is 518 g/mol. The summed E-state index contributed by atoms with van der Waals surface area (Å²) in [4.78, 5) is 29.8. The summed E-state index contributed by atoms with van der Waals surface area (Å²) in [6.07, 6.45) is 3.34. The highest BCUT2D eigenvalue weighted by molar-refractivity contribution is 6.07. The molecule has 0 aliphatic carbocycles. The van der Waals surface area contributed by atoms with Crippen LogP contribution in [-0.4, -0.2) is 71.2 Å². The number of fused-ring (bicyclic) bond motifs is 1. The van der Waals surface area contributed by atoms with Gasteiger partial charge < -0.3 is 21.1 Å². The van der Waals surface area contributed by atoms with E-state index >= 15 is 0 Å². The first-order valence-electron chi connectivity index (χ1n) is 13.7. The summed E-state index contributed by atoms with van der Waals surface area (Å²) in [5, 5.41) is 7.13. The van der Waals surface area contributed by atoms with Gasteiger partial charge in [0.15, 0.2) is 5.82 Å². The predicted molar refractivity (Wildman–Crippen MR) is 150 cm³/mol. The number of carbonyl (C=O) groups is 1. The minimum Gasteiger partial charge on any atom is -0.379 e. The molecule has 0 bridgehead atoms. The van der Waals surface area contributed by atoms with Gasteiger partial charge in [0.2, 0.25) is 0 Å². The van der Waals surface area contributed by atoms with Gasteiger partial charge in [0.05, 0.1) is 24.5 Å². The maximum absolute atomic E-state index is 12.7. The molecule has 5 rings (SSSR count). The van der Waals surface area contributed by atoms with E-state index in [9.17, 15) is 4.79 Å². The molecule has 2 aliphatic heterocycles. The third-order valence-electron chi connectivity index (χ3n) is 7.24. The molecule has 2 aliphatic rings. The third-order valence-corrected chi connectivity index (χ3v) is 7.24. The van der Waals surface area contributed by atoms with Gasteiger partial charge in [-0.25, -0.2) is 15.0 Å². The smallest absolute Gasteiger partial charge is 0.251 e. The van der Waals surface area contributed by atoms with E-state index < -0.39 is 5.91 Å². The van der Waals surface area contributed by atoms with Crippen LogP contribution in [0.4, 0.5) is 5.82 Å². The summed E-state index contributed by atoms with van der Waals surface area (Å²) >= 11 is 0. The summed E-state index contributed by atoms with van der Waals surface area (Å²) in [5.74, 6) is 0.781. The number of nitrogens with zero attached hydrogens (tertiary/aromatic N) is 4. The van der Waals surface area contributed by atoms with Crippen LogP contribution in [0.1, 0.15) is 61.8 Å². The molecule has 2 saturated heterocycles. The van der Waals surface area contributed by atoms with Gasteiger partial charge in [0.25, 0.3) is 5.91 Å². The van der Waals surface area contributed by atoms with E-state index in [1.165, 1.54) is 5.56 Å².